The summed E-state index contributed by atoms with van der Waals surface area (Å²) in [4.78, 5) is 12.4. The number of hydrogen-bond acceptors (Lipinski definition) is 3. The molecule has 0 spiro atoms. The fourth-order valence-corrected chi connectivity index (χ4v) is 2.81. The van der Waals surface area contributed by atoms with Crippen molar-refractivity contribution in [3.8, 4) is 0 Å². The molecule has 0 heterocycles. The second-order valence-corrected chi connectivity index (χ2v) is 5.03. The summed E-state index contributed by atoms with van der Waals surface area (Å²) in [5.74, 6) is -0.523. The largest absolute Gasteiger partial charge is 0.465 e. The van der Waals surface area contributed by atoms with E-state index in [1.807, 2.05) is 0 Å². The zero-order chi connectivity index (χ0) is 13.9. The first kappa shape index (κ1) is 14.0. The van der Waals surface area contributed by atoms with Crippen LogP contribution < -0.4 is 5.73 Å². The Balaban J connectivity index is 2.45. The number of halogens is 1. The van der Waals surface area contributed by atoms with E-state index in [0.29, 0.717) is 12.2 Å². The van der Waals surface area contributed by atoms with E-state index >= 15 is 0 Å². The molecule has 1 aliphatic carbocycles. The van der Waals surface area contributed by atoms with Crippen molar-refractivity contribution in [3.05, 3.63) is 35.6 Å². The van der Waals surface area contributed by atoms with Gasteiger partial charge in [-0.25, -0.2) is 4.39 Å². The highest BCUT2D eigenvalue weighted by atomic mass is 19.1. The van der Waals surface area contributed by atoms with Gasteiger partial charge in [0.1, 0.15) is 11.2 Å². The third-order valence-electron chi connectivity index (χ3n) is 4.10. The zero-order valence-electron chi connectivity index (χ0n) is 11.2. The lowest BCUT2D eigenvalue weighted by Gasteiger charge is -2.43. The van der Waals surface area contributed by atoms with Gasteiger partial charge in [0.25, 0.3) is 0 Å². The molecule has 2 N–H and O–H groups in total. The molecule has 0 saturated heterocycles. The van der Waals surface area contributed by atoms with E-state index in [1.165, 1.54) is 12.1 Å². The van der Waals surface area contributed by atoms with Crippen LogP contribution >= 0.6 is 0 Å². The van der Waals surface area contributed by atoms with E-state index in [0.717, 1.165) is 19.3 Å². The van der Waals surface area contributed by atoms with Crippen molar-refractivity contribution < 1.29 is 13.9 Å². The molecule has 1 aromatic rings. The third-order valence-corrected chi connectivity index (χ3v) is 4.10. The van der Waals surface area contributed by atoms with Crippen molar-refractivity contribution >= 4 is 5.97 Å². The molecular formula is C15H20FNO2. The Kier molecular flexibility index (Phi) is 4.20. The van der Waals surface area contributed by atoms with E-state index in [2.05, 4.69) is 0 Å². The number of carbonyl (C=O) groups excluding carboxylic acids is 1. The van der Waals surface area contributed by atoms with Crippen LogP contribution in [0.2, 0.25) is 0 Å². The Labute approximate surface area is 112 Å². The zero-order valence-corrected chi connectivity index (χ0v) is 11.2. The lowest BCUT2D eigenvalue weighted by molar-refractivity contribution is -0.153. The highest BCUT2D eigenvalue weighted by Crippen LogP contribution is 2.44. The third kappa shape index (κ3) is 2.37. The van der Waals surface area contributed by atoms with Crippen LogP contribution in [0.4, 0.5) is 4.39 Å². The molecule has 1 atom stereocenters. The summed E-state index contributed by atoms with van der Waals surface area (Å²) in [6, 6.07) is 6.16. The summed E-state index contributed by atoms with van der Waals surface area (Å²) >= 11 is 0. The topological polar surface area (TPSA) is 52.3 Å². The van der Waals surface area contributed by atoms with E-state index in [9.17, 15) is 9.18 Å². The number of benzene rings is 1. The Hall–Kier alpha value is -1.42. The predicted octanol–water partition coefficient (Wildman–Crippen LogP) is 2.39. The fraction of sp³-hybridized carbons (Fsp3) is 0.533. The second-order valence-electron chi connectivity index (χ2n) is 5.03. The predicted molar refractivity (Wildman–Crippen MR) is 71.1 cm³/mol. The van der Waals surface area contributed by atoms with Crippen LogP contribution in [0.5, 0.6) is 0 Å². The first-order valence-corrected chi connectivity index (χ1v) is 6.78. The minimum Gasteiger partial charge on any atom is -0.465 e. The van der Waals surface area contributed by atoms with Gasteiger partial charge in [0.15, 0.2) is 0 Å². The average molecular weight is 265 g/mol. The summed E-state index contributed by atoms with van der Waals surface area (Å²) in [7, 11) is 0. The number of carbonyl (C=O) groups is 1. The second kappa shape index (κ2) is 5.70. The van der Waals surface area contributed by atoms with Gasteiger partial charge in [-0.1, -0.05) is 18.6 Å². The van der Waals surface area contributed by atoms with Crippen molar-refractivity contribution in [2.24, 2.45) is 11.7 Å². The van der Waals surface area contributed by atoms with Gasteiger partial charge in [0, 0.05) is 6.54 Å². The normalized spacial score (nSPS) is 18.5. The first-order chi connectivity index (χ1) is 9.15. The van der Waals surface area contributed by atoms with Gasteiger partial charge in [0.2, 0.25) is 0 Å². The van der Waals surface area contributed by atoms with Gasteiger partial charge in [-0.3, -0.25) is 4.79 Å². The van der Waals surface area contributed by atoms with Crippen molar-refractivity contribution in [1.29, 1.82) is 0 Å². The summed E-state index contributed by atoms with van der Waals surface area (Å²) in [6.45, 7) is 2.23. The molecule has 104 valence electrons. The molecule has 1 saturated carbocycles. The highest BCUT2D eigenvalue weighted by Gasteiger charge is 2.49. The van der Waals surface area contributed by atoms with Gasteiger partial charge in [-0.15, -0.1) is 0 Å². The molecule has 0 radical (unpaired) electrons. The van der Waals surface area contributed by atoms with Crippen molar-refractivity contribution in [2.45, 2.75) is 31.6 Å². The van der Waals surface area contributed by atoms with Crippen LogP contribution in [0.25, 0.3) is 0 Å². The van der Waals surface area contributed by atoms with Gasteiger partial charge >= 0.3 is 5.97 Å². The standard InChI is InChI=1S/C15H20FNO2/c1-2-19-14(18)15(10-17,11-5-3-6-11)12-7-4-8-13(16)9-12/h4,7-9,11H,2-3,5-6,10,17H2,1H3. The van der Waals surface area contributed by atoms with Crippen LogP contribution in [0.3, 0.4) is 0 Å². The Bertz CT molecular complexity index is 459. The molecule has 1 unspecified atom stereocenters. The molecule has 0 aliphatic heterocycles. The summed E-state index contributed by atoms with van der Waals surface area (Å²) in [5.41, 5.74) is 5.65. The molecule has 19 heavy (non-hydrogen) atoms. The Morgan fingerprint density at radius 2 is 2.26 bits per heavy atom. The van der Waals surface area contributed by atoms with E-state index in [-0.39, 0.29) is 24.2 Å². The molecule has 2 rings (SSSR count). The molecule has 1 aromatic carbocycles. The van der Waals surface area contributed by atoms with Crippen LogP contribution in [0, 0.1) is 11.7 Å². The van der Waals surface area contributed by atoms with Crippen LogP contribution in [0.1, 0.15) is 31.7 Å². The average Bonchev–Trinajstić information content (AvgIpc) is 2.33. The molecule has 1 fully saturated rings. The maximum atomic E-state index is 13.5. The first-order valence-electron chi connectivity index (χ1n) is 6.78. The maximum absolute atomic E-state index is 13.5. The number of rotatable bonds is 5. The molecule has 1 aliphatic rings. The number of nitrogens with two attached hydrogens (primary N) is 1. The Morgan fingerprint density at radius 1 is 1.53 bits per heavy atom. The highest BCUT2D eigenvalue weighted by molar-refractivity contribution is 5.84. The molecular weight excluding hydrogens is 245 g/mol. The van der Waals surface area contributed by atoms with Crippen LogP contribution in [0.15, 0.2) is 24.3 Å². The number of ether oxygens (including phenoxy) is 1. The van der Waals surface area contributed by atoms with E-state index in [1.54, 1.807) is 19.1 Å². The SMILES string of the molecule is CCOC(=O)C(CN)(c1cccc(F)c1)C1CCC1. The molecule has 3 nitrogen and oxygen atoms in total. The smallest absolute Gasteiger partial charge is 0.318 e. The summed E-state index contributed by atoms with van der Waals surface area (Å²) < 4.78 is 18.7. The van der Waals surface area contributed by atoms with Crippen molar-refractivity contribution in [3.63, 3.8) is 0 Å². The van der Waals surface area contributed by atoms with Gasteiger partial charge < -0.3 is 10.5 Å². The minimum atomic E-state index is -0.893. The summed E-state index contributed by atoms with van der Waals surface area (Å²) in [5, 5.41) is 0. The molecule has 0 bridgehead atoms. The van der Waals surface area contributed by atoms with Gasteiger partial charge in [-0.05, 0) is 43.4 Å². The lowest BCUT2D eigenvalue weighted by atomic mass is 9.62. The van der Waals surface area contributed by atoms with Crippen LogP contribution in [-0.4, -0.2) is 19.1 Å². The van der Waals surface area contributed by atoms with E-state index < -0.39 is 5.41 Å². The van der Waals surface area contributed by atoms with Gasteiger partial charge in [-0.2, -0.15) is 0 Å². The molecule has 0 aromatic heterocycles. The lowest BCUT2D eigenvalue weighted by Crippen LogP contribution is -2.52. The minimum absolute atomic E-state index is 0.151. The molecule has 4 heteroatoms. The fourth-order valence-electron chi connectivity index (χ4n) is 2.81. The van der Waals surface area contributed by atoms with E-state index in [4.69, 9.17) is 10.5 Å². The maximum Gasteiger partial charge on any atom is 0.318 e. The van der Waals surface area contributed by atoms with Crippen molar-refractivity contribution in [1.82, 2.24) is 0 Å². The molecule has 0 amide bonds. The van der Waals surface area contributed by atoms with Gasteiger partial charge in [0.05, 0.1) is 6.61 Å². The summed E-state index contributed by atoms with van der Waals surface area (Å²) in [6.07, 6.45) is 2.96. The van der Waals surface area contributed by atoms with Crippen LogP contribution in [-0.2, 0) is 14.9 Å². The Morgan fingerprint density at radius 3 is 2.74 bits per heavy atom. The number of hydrogen-bond donors (Lipinski definition) is 1. The monoisotopic (exact) mass is 265 g/mol. The number of esters is 1. The quantitative estimate of drug-likeness (QED) is 0.832. The van der Waals surface area contributed by atoms with Crippen molar-refractivity contribution in [2.75, 3.05) is 13.2 Å².